The van der Waals surface area contributed by atoms with Gasteiger partial charge in [0.05, 0.1) is 0 Å². The molecule has 0 aromatic heterocycles. The number of benzene rings is 1. The third-order valence-corrected chi connectivity index (χ3v) is 4.63. The van der Waals surface area contributed by atoms with Crippen LogP contribution in [0.15, 0.2) is 23.1 Å². The van der Waals surface area contributed by atoms with Gasteiger partial charge < -0.3 is 14.8 Å². The van der Waals surface area contributed by atoms with Gasteiger partial charge in [0.1, 0.15) is 13.2 Å². The van der Waals surface area contributed by atoms with E-state index in [1.165, 1.54) is 17.7 Å². The lowest BCUT2D eigenvalue weighted by molar-refractivity contribution is 0.171. The molecule has 1 fully saturated rings. The summed E-state index contributed by atoms with van der Waals surface area (Å²) >= 11 is 1.96. The Morgan fingerprint density at radius 1 is 1.24 bits per heavy atom. The highest BCUT2D eigenvalue weighted by atomic mass is 32.2. The Kier molecular flexibility index (Phi) is 2.92. The predicted octanol–water partition coefficient (Wildman–Crippen LogP) is 2.30. The van der Waals surface area contributed by atoms with Gasteiger partial charge in [-0.25, -0.2) is 0 Å². The van der Waals surface area contributed by atoms with Crippen molar-refractivity contribution >= 4 is 11.8 Å². The van der Waals surface area contributed by atoms with E-state index in [9.17, 15) is 0 Å². The highest BCUT2D eigenvalue weighted by molar-refractivity contribution is 8.01. The Hall–Kier alpha value is -0.870. The number of ether oxygens (including phenoxy) is 2. The molecule has 1 aliphatic carbocycles. The predicted molar refractivity (Wildman–Crippen MR) is 69.2 cm³/mol. The van der Waals surface area contributed by atoms with Crippen LogP contribution in [-0.2, 0) is 0 Å². The van der Waals surface area contributed by atoms with Crippen LogP contribution in [0, 0.1) is 0 Å². The molecule has 4 heteroatoms. The number of fused-ring (bicyclic) bond motifs is 1. The first kappa shape index (κ1) is 11.2. The fourth-order valence-electron chi connectivity index (χ4n) is 2.11. The van der Waals surface area contributed by atoms with Crippen LogP contribution in [0.4, 0.5) is 0 Å². The van der Waals surface area contributed by atoms with Gasteiger partial charge in [0, 0.05) is 16.2 Å². The van der Waals surface area contributed by atoms with E-state index in [-0.39, 0.29) is 0 Å². The standard InChI is InChI=1S/C13H17NO2S/c1-14-9-13(4-5-13)17-10-2-3-11-12(8-10)16-7-6-15-11/h2-3,8,14H,4-7,9H2,1H3. The molecule has 0 bridgehead atoms. The van der Waals surface area contributed by atoms with Crippen LogP contribution in [0.1, 0.15) is 12.8 Å². The quantitative estimate of drug-likeness (QED) is 0.889. The molecule has 3 rings (SSSR count). The van der Waals surface area contributed by atoms with Crippen molar-refractivity contribution in [1.29, 1.82) is 0 Å². The fourth-order valence-corrected chi connectivity index (χ4v) is 3.44. The monoisotopic (exact) mass is 251 g/mol. The summed E-state index contributed by atoms with van der Waals surface area (Å²) in [5.41, 5.74) is 0. The molecule has 0 saturated heterocycles. The Labute approximate surface area is 106 Å². The van der Waals surface area contributed by atoms with E-state index >= 15 is 0 Å². The van der Waals surface area contributed by atoms with Crippen LogP contribution in [-0.4, -0.2) is 31.6 Å². The fraction of sp³-hybridized carbons (Fsp3) is 0.538. The first-order chi connectivity index (χ1) is 8.31. The second kappa shape index (κ2) is 4.42. The molecule has 3 nitrogen and oxygen atoms in total. The van der Waals surface area contributed by atoms with Crippen LogP contribution in [0.5, 0.6) is 11.5 Å². The lowest BCUT2D eigenvalue weighted by Crippen LogP contribution is -2.22. The summed E-state index contributed by atoms with van der Waals surface area (Å²) in [6.45, 7) is 2.39. The summed E-state index contributed by atoms with van der Waals surface area (Å²) in [5.74, 6) is 1.76. The van der Waals surface area contributed by atoms with Crippen LogP contribution >= 0.6 is 11.8 Å². The molecule has 17 heavy (non-hydrogen) atoms. The number of hydrogen-bond donors (Lipinski definition) is 1. The van der Waals surface area contributed by atoms with Crippen molar-refractivity contribution in [3.8, 4) is 11.5 Å². The molecule has 1 heterocycles. The van der Waals surface area contributed by atoms with E-state index in [0.717, 1.165) is 18.0 Å². The van der Waals surface area contributed by atoms with Crippen molar-refractivity contribution in [3.05, 3.63) is 18.2 Å². The van der Waals surface area contributed by atoms with Gasteiger partial charge in [0.2, 0.25) is 0 Å². The third-order valence-electron chi connectivity index (χ3n) is 3.15. The van der Waals surface area contributed by atoms with Gasteiger partial charge in [-0.3, -0.25) is 0 Å². The molecule has 0 amide bonds. The Balaban J connectivity index is 1.75. The summed E-state index contributed by atoms with van der Waals surface area (Å²) in [6.07, 6.45) is 2.60. The van der Waals surface area contributed by atoms with E-state index in [0.29, 0.717) is 18.0 Å². The van der Waals surface area contributed by atoms with Crippen molar-refractivity contribution < 1.29 is 9.47 Å². The zero-order valence-corrected chi connectivity index (χ0v) is 10.8. The third kappa shape index (κ3) is 2.38. The zero-order chi connectivity index (χ0) is 11.7. The molecule has 92 valence electrons. The average molecular weight is 251 g/mol. The zero-order valence-electron chi connectivity index (χ0n) is 9.99. The maximum absolute atomic E-state index is 5.61. The smallest absolute Gasteiger partial charge is 0.162 e. The van der Waals surface area contributed by atoms with Crippen molar-refractivity contribution in [1.82, 2.24) is 5.32 Å². The van der Waals surface area contributed by atoms with Crippen molar-refractivity contribution in [3.63, 3.8) is 0 Å². The van der Waals surface area contributed by atoms with E-state index in [2.05, 4.69) is 17.4 Å². The number of hydrogen-bond acceptors (Lipinski definition) is 4. The topological polar surface area (TPSA) is 30.5 Å². The highest BCUT2D eigenvalue weighted by Gasteiger charge is 2.43. The Bertz CT molecular complexity index is 418. The van der Waals surface area contributed by atoms with Gasteiger partial charge in [-0.1, -0.05) is 0 Å². The van der Waals surface area contributed by atoms with Crippen molar-refractivity contribution in [2.75, 3.05) is 26.8 Å². The van der Waals surface area contributed by atoms with E-state index in [4.69, 9.17) is 9.47 Å². The molecule has 1 aliphatic heterocycles. The molecule has 0 unspecified atom stereocenters. The number of nitrogens with one attached hydrogen (secondary N) is 1. The first-order valence-electron chi connectivity index (χ1n) is 6.05. The molecule has 1 saturated carbocycles. The van der Waals surface area contributed by atoms with Crippen LogP contribution in [0.2, 0.25) is 0 Å². The summed E-state index contributed by atoms with van der Waals surface area (Å²) in [7, 11) is 2.02. The maximum atomic E-state index is 5.61. The number of thioether (sulfide) groups is 1. The molecular formula is C13H17NO2S. The summed E-state index contributed by atoms with van der Waals surface area (Å²) in [5, 5.41) is 3.28. The largest absolute Gasteiger partial charge is 0.486 e. The summed E-state index contributed by atoms with van der Waals surface area (Å²) in [6, 6.07) is 6.26. The van der Waals surface area contributed by atoms with Crippen molar-refractivity contribution in [2.24, 2.45) is 0 Å². The second-order valence-corrected chi connectivity index (χ2v) is 6.16. The van der Waals surface area contributed by atoms with E-state index in [1.54, 1.807) is 0 Å². The van der Waals surface area contributed by atoms with Crippen molar-refractivity contribution in [2.45, 2.75) is 22.5 Å². The molecule has 1 aromatic rings. The Morgan fingerprint density at radius 3 is 2.71 bits per heavy atom. The average Bonchev–Trinajstić information content (AvgIpc) is 3.09. The molecule has 0 atom stereocenters. The lowest BCUT2D eigenvalue weighted by Gasteiger charge is -2.20. The van der Waals surface area contributed by atoms with Gasteiger partial charge in [-0.2, -0.15) is 0 Å². The molecule has 0 radical (unpaired) electrons. The summed E-state index contributed by atoms with van der Waals surface area (Å²) in [4.78, 5) is 1.28. The minimum atomic E-state index is 0.415. The van der Waals surface area contributed by atoms with Gasteiger partial charge in [-0.05, 0) is 38.1 Å². The SMILES string of the molecule is CNCC1(Sc2ccc3c(c2)OCCO3)CC1. The van der Waals surface area contributed by atoms with Gasteiger partial charge in [-0.15, -0.1) is 11.8 Å². The first-order valence-corrected chi connectivity index (χ1v) is 6.86. The highest BCUT2D eigenvalue weighted by Crippen LogP contribution is 2.52. The van der Waals surface area contributed by atoms with Crippen LogP contribution < -0.4 is 14.8 Å². The molecule has 2 aliphatic rings. The van der Waals surface area contributed by atoms with Crippen LogP contribution in [0.3, 0.4) is 0 Å². The molecule has 1 N–H and O–H groups in total. The molecule has 1 aromatic carbocycles. The number of rotatable bonds is 4. The minimum Gasteiger partial charge on any atom is -0.486 e. The summed E-state index contributed by atoms with van der Waals surface area (Å²) < 4.78 is 11.5. The van der Waals surface area contributed by atoms with E-state index in [1.807, 2.05) is 24.9 Å². The minimum absolute atomic E-state index is 0.415. The second-order valence-electron chi connectivity index (χ2n) is 4.62. The van der Waals surface area contributed by atoms with E-state index < -0.39 is 0 Å². The normalized spacial score (nSPS) is 20.1. The lowest BCUT2D eigenvalue weighted by atomic mass is 10.3. The van der Waals surface area contributed by atoms with Crippen LogP contribution in [0.25, 0.3) is 0 Å². The Morgan fingerprint density at radius 2 is 2.00 bits per heavy atom. The van der Waals surface area contributed by atoms with Gasteiger partial charge in [0.15, 0.2) is 11.5 Å². The van der Waals surface area contributed by atoms with Gasteiger partial charge in [0.25, 0.3) is 0 Å². The maximum Gasteiger partial charge on any atom is 0.162 e. The molecule has 0 spiro atoms. The van der Waals surface area contributed by atoms with Gasteiger partial charge >= 0.3 is 0 Å². The molecular weight excluding hydrogens is 234 g/mol.